The van der Waals surface area contributed by atoms with Gasteiger partial charge in [-0.15, -0.1) is 0 Å². The zero-order valence-corrected chi connectivity index (χ0v) is 12.7. The van der Waals surface area contributed by atoms with Crippen LogP contribution in [0.4, 0.5) is 0 Å². The fraction of sp³-hybridized carbons (Fsp3) is 0.438. The molecule has 1 amide bonds. The van der Waals surface area contributed by atoms with Crippen LogP contribution in [0.2, 0.25) is 0 Å². The van der Waals surface area contributed by atoms with Crippen LogP contribution in [0.25, 0.3) is 10.9 Å². The predicted octanol–water partition coefficient (Wildman–Crippen LogP) is 1.07. The molecule has 6 heteroatoms. The van der Waals surface area contributed by atoms with Crippen LogP contribution in [0, 0.1) is 0 Å². The van der Waals surface area contributed by atoms with Gasteiger partial charge in [0.05, 0.1) is 31.4 Å². The second-order valence-electron chi connectivity index (χ2n) is 5.52. The summed E-state index contributed by atoms with van der Waals surface area (Å²) < 4.78 is 12.2. The number of fused-ring (bicyclic) bond motifs is 1. The van der Waals surface area contributed by atoms with E-state index in [1.54, 1.807) is 7.11 Å². The maximum absolute atomic E-state index is 12.5. The summed E-state index contributed by atoms with van der Waals surface area (Å²) in [7, 11) is 3.46. The third-order valence-electron chi connectivity index (χ3n) is 4.13. The van der Waals surface area contributed by atoms with Crippen molar-refractivity contribution in [2.75, 3.05) is 20.3 Å². The zero-order valence-electron chi connectivity index (χ0n) is 12.7. The molecule has 1 aromatic heterocycles. The Morgan fingerprint density at radius 3 is 3.00 bits per heavy atom. The van der Waals surface area contributed by atoms with Gasteiger partial charge in [0.2, 0.25) is 0 Å². The van der Waals surface area contributed by atoms with E-state index in [-0.39, 0.29) is 18.6 Å². The van der Waals surface area contributed by atoms with Gasteiger partial charge in [-0.05, 0) is 24.6 Å². The van der Waals surface area contributed by atoms with E-state index in [4.69, 9.17) is 9.47 Å². The van der Waals surface area contributed by atoms with E-state index in [1.807, 2.05) is 35.9 Å². The Bertz CT molecular complexity index is 695. The number of nitrogens with zero attached hydrogens (tertiary/aromatic N) is 1. The van der Waals surface area contributed by atoms with E-state index in [9.17, 15) is 9.90 Å². The molecule has 2 aromatic rings. The summed E-state index contributed by atoms with van der Waals surface area (Å²) in [4.78, 5) is 12.5. The number of benzene rings is 1. The lowest BCUT2D eigenvalue weighted by Crippen LogP contribution is -2.49. The highest BCUT2D eigenvalue weighted by Gasteiger charge is 2.26. The molecule has 2 N–H and O–H groups in total. The monoisotopic (exact) mass is 304 g/mol. The number of aryl methyl sites for hydroxylation is 1. The Kier molecular flexibility index (Phi) is 4.04. The Morgan fingerprint density at radius 1 is 1.45 bits per heavy atom. The Hall–Kier alpha value is -2.05. The van der Waals surface area contributed by atoms with E-state index < -0.39 is 6.10 Å². The van der Waals surface area contributed by atoms with Crippen molar-refractivity contribution in [1.29, 1.82) is 0 Å². The van der Waals surface area contributed by atoms with Crippen LogP contribution in [0.1, 0.15) is 16.9 Å². The van der Waals surface area contributed by atoms with Gasteiger partial charge in [-0.1, -0.05) is 0 Å². The first kappa shape index (κ1) is 14.9. The summed E-state index contributed by atoms with van der Waals surface area (Å²) in [6.07, 6.45) is -0.0440. The lowest BCUT2D eigenvalue weighted by molar-refractivity contribution is -0.0261. The summed E-state index contributed by atoms with van der Waals surface area (Å²) in [5, 5.41) is 13.7. The van der Waals surface area contributed by atoms with Crippen molar-refractivity contribution in [1.82, 2.24) is 9.88 Å². The molecule has 6 nitrogen and oxygen atoms in total. The summed E-state index contributed by atoms with van der Waals surface area (Å²) in [5.74, 6) is 0.559. The molecule has 1 aliphatic heterocycles. The quantitative estimate of drug-likeness (QED) is 0.889. The third kappa shape index (κ3) is 2.67. The van der Waals surface area contributed by atoms with Gasteiger partial charge in [0.1, 0.15) is 11.4 Å². The second-order valence-corrected chi connectivity index (χ2v) is 5.52. The standard InChI is InChI=1S/C16H20N2O4/c1-18-13-8-11(21-2)4-3-10(13)7-14(18)16(20)17-12-5-6-22-9-15(12)19/h3-4,7-8,12,15,19H,5-6,9H2,1-2H3,(H,17,20). The van der Waals surface area contributed by atoms with Gasteiger partial charge in [-0.3, -0.25) is 4.79 Å². The number of hydrogen-bond acceptors (Lipinski definition) is 4. The zero-order chi connectivity index (χ0) is 15.7. The minimum absolute atomic E-state index is 0.191. The van der Waals surface area contributed by atoms with E-state index in [0.717, 1.165) is 16.7 Å². The summed E-state index contributed by atoms with van der Waals surface area (Å²) >= 11 is 0. The molecule has 0 saturated carbocycles. The highest BCUT2D eigenvalue weighted by Crippen LogP contribution is 2.24. The number of methoxy groups -OCH3 is 1. The van der Waals surface area contributed by atoms with Gasteiger partial charge in [0, 0.05) is 25.1 Å². The number of hydrogen-bond donors (Lipinski definition) is 2. The molecule has 2 atom stereocenters. The van der Waals surface area contributed by atoms with Gasteiger partial charge in [-0.2, -0.15) is 0 Å². The molecule has 0 aliphatic carbocycles. The second kappa shape index (κ2) is 5.98. The third-order valence-corrected chi connectivity index (χ3v) is 4.13. The summed E-state index contributed by atoms with van der Waals surface area (Å²) in [6, 6.07) is 7.26. The minimum atomic E-state index is -0.660. The van der Waals surface area contributed by atoms with E-state index in [1.165, 1.54) is 0 Å². The largest absolute Gasteiger partial charge is 0.497 e. The van der Waals surface area contributed by atoms with Crippen LogP contribution in [-0.4, -0.2) is 48.1 Å². The molecule has 2 heterocycles. The molecule has 2 unspecified atom stereocenters. The minimum Gasteiger partial charge on any atom is -0.497 e. The molecule has 22 heavy (non-hydrogen) atoms. The lowest BCUT2D eigenvalue weighted by Gasteiger charge is -2.28. The number of nitrogens with one attached hydrogen (secondary N) is 1. The highest BCUT2D eigenvalue weighted by atomic mass is 16.5. The number of carbonyl (C=O) groups is 1. The Balaban J connectivity index is 1.86. The number of aromatic nitrogens is 1. The topological polar surface area (TPSA) is 72.7 Å². The number of aliphatic hydroxyl groups is 1. The maximum Gasteiger partial charge on any atom is 0.268 e. The first-order valence-electron chi connectivity index (χ1n) is 7.30. The number of ether oxygens (including phenoxy) is 2. The molecule has 1 saturated heterocycles. The number of carbonyl (C=O) groups excluding carboxylic acids is 1. The van der Waals surface area contributed by atoms with Crippen molar-refractivity contribution in [2.24, 2.45) is 7.05 Å². The molecule has 1 fully saturated rings. The van der Waals surface area contributed by atoms with Crippen molar-refractivity contribution in [3.05, 3.63) is 30.0 Å². The molecule has 0 radical (unpaired) electrons. The van der Waals surface area contributed by atoms with Crippen LogP contribution in [0.3, 0.4) is 0 Å². The van der Waals surface area contributed by atoms with Crippen molar-refractivity contribution >= 4 is 16.8 Å². The highest BCUT2D eigenvalue weighted by molar-refractivity contribution is 5.99. The van der Waals surface area contributed by atoms with Crippen molar-refractivity contribution < 1.29 is 19.4 Å². The molecule has 3 rings (SSSR count). The first-order chi connectivity index (χ1) is 10.6. The van der Waals surface area contributed by atoms with Crippen LogP contribution in [-0.2, 0) is 11.8 Å². The fourth-order valence-electron chi connectivity index (χ4n) is 2.79. The van der Waals surface area contributed by atoms with Crippen LogP contribution in [0.5, 0.6) is 5.75 Å². The van der Waals surface area contributed by atoms with Crippen LogP contribution in [0.15, 0.2) is 24.3 Å². The van der Waals surface area contributed by atoms with Gasteiger partial charge in [0.15, 0.2) is 0 Å². The molecular formula is C16H20N2O4. The Labute approximate surface area is 128 Å². The van der Waals surface area contributed by atoms with Crippen LogP contribution < -0.4 is 10.1 Å². The predicted molar refractivity (Wildman–Crippen MR) is 82.2 cm³/mol. The average Bonchev–Trinajstić information content (AvgIpc) is 2.86. The van der Waals surface area contributed by atoms with E-state index >= 15 is 0 Å². The van der Waals surface area contributed by atoms with Crippen molar-refractivity contribution in [3.63, 3.8) is 0 Å². The smallest absolute Gasteiger partial charge is 0.268 e. The SMILES string of the molecule is COc1ccc2cc(C(=O)NC3CCOCC3O)n(C)c2c1. The molecule has 1 aromatic carbocycles. The average molecular weight is 304 g/mol. The number of rotatable bonds is 3. The Morgan fingerprint density at radius 2 is 2.27 bits per heavy atom. The van der Waals surface area contributed by atoms with Gasteiger partial charge >= 0.3 is 0 Å². The van der Waals surface area contributed by atoms with Gasteiger partial charge in [-0.25, -0.2) is 0 Å². The molecule has 0 spiro atoms. The number of aliphatic hydroxyl groups excluding tert-OH is 1. The number of amides is 1. The normalized spacial score (nSPS) is 21.8. The van der Waals surface area contributed by atoms with Crippen LogP contribution >= 0.6 is 0 Å². The van der Waals surface area contributed by atoms with Gasteiger partial charge < -0.3 is 24.5 Å². The van der Waals surface area contributed by atoms with Crippen molar-refractivity contribution in [3.8, 4) is 5.75 Å². The molecule has 1 aliphatic rings. The summed E-state index contributed by atoms with van der Waals surface area (Å²) in [5.41, 5.74) is 1.49. The van der Waals surface area contributed by atoms with E-state index in [0.29, 0.717) is 18.7 Å². The van der Waals surface area contributed by atoms with Gasteiger partial charge in [0.25, 0.3) is 5.91 Å². The fourth-order valence-corrected chi connectivity index (χ4v) is 2.79. The molecule has 118 valence electrons. The molecule has 0 bridgehead atoms. The maximum atomic E-state index is 12.5. The lowest BCUT2D eigenvalue weighted by atomic mass is 10.1. The van der Waals surface area contributed by atoms with E-state index in [2.05, 4.69) is 5.32 Å². The van der Waals surface area contributed by atoms with Crippen molar-refractivity contribution in [2.45, 2.75) is 18.6 Å². The summed E-state index contributed by atoms with van der Waals surface area (Å²) in [6.45, 7) is 0.811. The first-order valence-corrected chi connectivity index (χ1v) is 7.30. The molecular weight excluding hydrogens is 284 g/mol.